The molecule has 1 atom stereocenters. The van der Waals surface area contributed by atoms with Crippen molar-refractivity contribution in [1.82, 2.24) is 24.6 Å². The van der Waals surface area contributed by atoms with Crippen molar-refractivity contribution in [3.05, 3.63) is 101 Å². The van der Waals surface area contributed by atoms with Crippen LogP contribution in [-0.2, 0) is 16.1 Å². The highest BCUT2D eigenvalue weighted by atomic mass is 16.5. The third-order valence-corrected chi connectivity index (χ3v) is 6.62. The van der Waals surface area contributed by atoms with Crippen molar-refractivity contribution in [2.75, 3.05) is 13.2 Å². The van der Waals surface area contributed by atoms with Gasteiger partial charge >= 0.3 is 12.0 Å². The first-order valence-electron chi connectivity index (χ1n) is 12.6. The van der Waals surface area contributed by atoms with E-state index in [2.05, 4.69) is 41.1 Å². The molecule has 0 aliphatic carbocycles. The Morgan fingerprint density at radius 2 is 1.86 bits per heavy atom. The summed E-state index contributed by atoms with van der Waals surface area (Å²) in [5.41, 5.74) is 5.87. The number of urea groups is 1. The Balaban J connectivity index is 1.61. The SMILES string of the molecule is CCOC(=O)CCNC(=O)N1Cc2c(C)nn(-c3ccccc3)c2-n2cccc2C1c1cccc(C)c1. The van der Waals surface area contributed by atoms with Gasteiger partial charge < -0.3 is 19.5 Å². The van der Waals surface area contributed by atoms with Crippen LogP contribution in [0.5, 0.6) is 0 Å². The van der Waals surface area contributed by atoms with Crippen LogP contribution in [0.3, 0.4) is 0 Å². The topological polar surface area (TPSA) is 81.4 Å². The molecule has 0 spiro atoms. The summed E-state index contributed by atoms with van der Waals surface area (Å²) >= 11 is 0. The fraction of sp³-hybridized carbons (Fsp3) is 0.276. The number of aryl methyl sites for hydroxylation is 2. The van der Waals surface area contributed by atoms with Gasteiger partial charge in [0.1, 0.15) is 5.82 Å². The van der Waals surface area contributed by atoms with Gasteiger partial charge in [-0.1, -0.05) is 48.0 Å². The number of rotatable bonds is 6. The molecule has 190 valence electrons. The Morgan fingerprint density at radius 1 is 1.05 bits per heavy atom. The number of aromatic nitrogens is 3. The van der Waals surface area contributed by atoms with E-state index in [1.165, 1.54) is 0 Å². The normalized spacial score (nSPS) is 14.5. The average molecular weight is 498 g/mol. The van der Waals surface area contributed by atoms with Crippen molar-refractivity contribution in [2.45, 2.75) is 39.8 Å². The van der Waals surface area contributed by atoms with Crippen LogP contribution in [0, 0.1) is 13.8 Å². The van der Waals surface area contributed by atoms with Gasteiger partial charge in [0, 0.05) is 18.3 Å². The van der Waals surface area contributed by atoms with Gasteiger partial charge in [-0.05, 0) is 50.6 Å². The summed E-state index contributed by atoms with van der Waals surface area (Å²) in [5, 5.41) is 7.82. The predicted octanol–water partition coefficient (Wildman–Crippen LogP) is 4.85. The summed E-state index contributed by atoms with van der Waals surface area (Å²) in [6.45, 7) is 6.68. The molecular formula is C29H31N5O3. The van der Waals surface area contributed by atoms with Crippen LogP contribution >= 0.6 is 0 Å². The average Bonchev–Trinajstić information content (AvgIpc) is 3.45. The fourth-order valence-electron chi connectivity index (χ4n) is 4.95. The third kappa shape index (κ3) is 4.74. The van der Waals surface area contributed by atoms with Gasteiger partial charge in [0.15, 0.2) is 0 Å². The number of carbonyl (C=O) groups excluding carboxylic acids is 2. The fourth-order valence-corrected chi connectivity index (χ4v) is 4.95. The lowest BCUT2D eigenvalue weighted by atomic mass is 10.00. The predicted molar refractivity (Wildman–Crippen MR) is 141 cm³/mol. The molecule has 2 amide bonds. The molecule has 2 aromatic heterocycles. The molecule has 1 aliphatic rings. The van der Waals surface area contributed by atoms with Crippen LogP contribution in [0.15, 0.2) is 72.9 Å². The number of ether oxygens (including phenoxy) is 1. The zero-order chi connectivity index (χ0) is 25.9. The summed E-state index contributed by atoms with van der Waals surface area (Å²) in [6.07, 6.45) is 2.15. The second-order valence-electron chi connectivity index (χ2n) is 9.17. The molecule has 37 heavy (non-hydrogen) atoms. The number of hydrogen-bond acceptors (Lipinski definition) is 4. The molecule has 0 fully saturated rings. The molecule has 0 saturated carbocycles. The Hall–Kier alpha value is -4.33. The van der Waals surface area contributed by atoms with E-state index in [1.54, 1.807) is 6.92 Å². The molecule has 2 aromatic carbocycles. The van der Waals surface area contributed by atoms with E-state index in [-0.39, 0.29) is 31.0 Å². The molecule has 5 rings (SSSR count). The number of para-hydroxylation sites is 1. The maximum atomic E-state index is 13.7. The number of nitrogens with zero attached hydrogens (tertiary/aromatic N) is 4. The van der Waals surface area contributed by atoms with Crippen LogP contribution in [0.25, 0.3) is 11.5 Å². The molecule has 0 saturated heterocycles. The van der Waals surface area contributed by atoms with Gasteiger partial charge in [0.2, 0.25) is 0 Å². The minimum absolute atomic E-state index is 0.120. The van der Waals surface area contributed by atoms with Gasteiger partial charge in [-0.15, -0.1) is 0 Å². The summed E-state index contributed by atoms with van der Waals surface area (Å²) in [7, 11) is 0. The molecule has 8 nitrogen and oxygen atoms in total. The van der Waals surface area contributed by atoms with Gasteiger partial charge in [0.25, 0.3) is 0 Å². The third-order valence-electron chi connectivity index (χ3n) is 6.62. The van der Waals surface area contributed by atoms with Crippen molar-refractivity contribution < 1.29 is 14.3 Å². The van der Waals surface area contributed by atoms with Crippen molar-refractivity contribution in [3.63, 3.8) is 0 Å². The van der Waals surface area contributed by atoms with E-state index in [9.17, 15) is 9.59 Å². The van der Waals surface area contributed by atoms with E-state index in [1.807, 2.05) is 65.2 Å². The number of benzene rings is 2. The number of nitrogens with one attached hydrogen (secondary N) is 1. The Kier molecular flexibility index (Phi) is 6.81. The lowest BCUT2D eigenvalue weighted by Crippen LogP contribution is -2.42. The van der Waals surface area contributed by atoms with Gasteiger partial charge in [-0.25, -0.2) is 9.48 Å². The Morgan fingerprint density at radius 3 is 2.62 bits per heavy atom. The van der Waals surface area contributed by atoms with Crippen molar-refractivity contribution in [1.29, 1.82) is 0 Å². The number of fused-ring (bicyclic) bond motifs is 3. The molecule has 1 unspecified atom stereocenters. The Bertz CT molecular complexity index is 1420. The molecule has 0 bridgehead atoms. The first-order valence-corrected chi connectivity index (χ1v) is 12.6. The minimum atomic E-state index is -0.339. The molecule has 4 aromatic rings. The zero-order valence-corrected chi connectivity index (χ0v) is 21.3. The molecule has 0 radical (unpaired) electrons. The van der Waals surface area contributed by atoms with E-state index in [4.69, 9.17) is 9.84 Å². The summed E-state index contributed by atoms with van der Waals surface area (Å²) in [6, 6.07) is 21.7. The van der Waals surface area contributed by atoms with E-state index in [0.717, 1.165) is 39.6 Å². The first-order chi connectivity index (χ1) is 18.0. The first kappa shape index (κ1) is 24.4. The second-order valence-corrected chi connectivity index (χ2v) is 9.17. The number of carbonyl (C=O) groups is 2. The smallest absolute Gasteiger partial charge is 0.318 e. The quantitative estimate of drug-likeness (QED) is 0.386. The standard InChI is InChI=1S/C29H31N5O3/c1-4-37-26(35)15-16-30-29(36)33-19-24-21(3)31-34(23-12-6-5-7-13-23)28(24)32-17-9-14-25(32)27(33)22-11-8-10-20(2)18-22/h5-14,17-18,27H,4,15-16,19H2,1-3H3,(H,30,36). The van der Waals surface area contributed by atoms with Gasteiger partial charge in [-0.3, -0.25) is 4.79 Å². The van der Waals surface area contributed by atoms with Crippen molar-refractivity contribution in [2.24, 2.45) is 0 Å². The summed E-state index contributed by atoms with van der Waals surface area (Å²) < 4.78 is 9.11. The van der Waals surface area contributed by atoms with Gasteiger partial charge in [0.05, 0.1) is 42.7 Å². The lowest BCUT2D eigenvalue weighted by molar-refractivity contribution is -0.142. The van der Waals surface area contributed by atoms with Crippen molar-refractivity contribution >= 4 is 12.0 Å². The van der Waals surface area contributed by atoms with Crippen LogP contribution in [0.1, 0.15) is 47.5 Å². The molecule has 1 aliphatic heterocycles. The highest BCUT2D eigenvalue weighted by Crippen LogP contribution is 2.38. The second kappa shape index (κ2) is 10.3. The van der Waals surface area contributed by atoms with Crippen LogP contribution < -0.4 is 5.32 Å². The number of esters is 1. The van der Waals surface area contributed by atoms with Crippen LogP contribution in [0.2, 0.25) is 0 Å². The molecule has 1 N–H and O–H groups in total. The molecular weight excluding hydrogens is 466 g/mol. The highest BCUT2D eigenvalue weighted by Gasteiger charge is 2.36. The van der Waals surface area contributed by atoms with E-state index >= 15 is 0 Å². The number of amides is 2. The molecule has 8 heteroatoms. The Labute approximate surface area is 216 Å². The largest absolute Gasteiger partial charge is 0.466 e. The number of hydrogen-bond donors (Lipinski definition) is 1. The maximum absolute atomic E-state index is 13.7. The van der Waals surface area contributed by atoms with E-state index in [0.29, 0.717) is 13.2 Å². The van der Waals surface area contributed by atoms with Crippen LogP contribution in [0.4, 0.5) is 4.79 Å². The van der Waals surface area contributed by atoms with Crippen molar-refractivity contribution in [3.8, 4) is 11.5 Å². The van der Waals surface area contributed by atoms with Crippen LogP contribution in [-0.4, -0.2) is 44.4 Å². The maximum Gasteiger partial charge on any atom is 0.318 e. The minimum Gasteiger partial charge on any atom is -0.466 e. The monoisotopic (exact) mass is 497 g/mol. The summed E-state index contributed by atoms with van der Waals surface area (Å²) in [5.74, 6) is 0.591. The molecule has 3 heterocycles. The zero-order valence-electron chi connectivity index (χ0n) is 21.3. The highest BCUT2D eigenvalue weighted by molar-refractivity contribution is 5.77. The summed E-state index contributed by atoms with van der Waals surface area (Å²) in [4.78, 5) is 27.4. The van der Waals surface area contributed by atoms with Gasteiger partial charge in [-0.2, -0.15) is 5.10 Å². The lowest BCUT2D eigenvalue weighted by Gasteiger charge is -2.31. The van der Waals surface area contributed by atoms with E-state index < -0.39 is 0 Å².